The largest absolute Gasteiger partial charge is 0.462 e. The molecule has 1 aliphatic rings. The van der Waals surface area contributed by atoms with E-state index in [0.717, 1.165) is 70.3 Å². The number of hydrogen-bond acceptors (Lipinski definition) is 7. The molecule has 268 valence electrons. The second-order valence-electron chi connectivity index (χ2n) is 12.5. The van der Waals surface area contributed by atoms with Crippen molar-refractivity contribution in [2.75, 3.05) is 17.2 Å². The van der Waals surface area contributed by atoms with Crippen LogP contribution in [0, 0.1) is 0 Å². The van der Waals surface area contributed by atoms with Gasteiger partial charge in [-0.1, -0.05) is 62.2 Å². The number of aryl methyl sites for hydroxylation is 1. The Labute approximate surface area is 311 Å². The zero-order chi connectivity index (χ0) is 36.5. The van der Waals surface area contributed by atoms with E-state index in [2.05, 4.69) is 20.9 Å². The Morgan fingerprint density at radius 3 is 2.46 bits per heavy atom. The van der Waals surface area contributed by atoms with Gasteiger partial charge in [0.15, 0.2) is 0 Å². The predicted octanol–water partition coefficient (Wildman–Crippen LogP) is 8.98. The standard InChI is InChI=1S/C41H42N4O5S2/c1-3-34(39(48)45-40-36(41(49)50-4-2)31-20-10-5-6-11-22-35(31)52-40)51-29-18-14-17-28(24-29)43-38(47)33(44-37(46)26-15-8-7-9-16-26)23-27-25-42-32-21-13-12-19-30(27)32/h7-9,12-19,21,23-25,34,42H,3-6,10-11,20,22H2,1-2H3,(H,43,47)(H,44,46)(H,45,48)/b33-23-. The zero-order valence-corrected chi connectivity index (χ0v) is 30.9. The summed E-state index contributed by atoms with van der Waals surface area (Å²) < 4.78 is 5.43. The van der Waals surface area contributed by atoms with Crippen molar-refractivity contribution in [1.82, 2.24) is 10.3 Å². The number of amides is 3. The lowest BCUT2D eigenvalue weighted by atomic mass is 9.96. The maximum Gasteiger partial charge on any atom is 0.341 e. The molecule has 0 bridgehead atoms. The van der Waals surface area contributed by atoms with Crippen LogP contribution in [0.3, 0.4) is 0 Å². The SMILES string of the molecule is CCOC(=O)c1c(NC(=O)C(CC)Sc2cccc(NC(=O)/C(=C/c3c[nH]c4ccccc34)NC(=O)c3ccccc3)c2)sc2c1CCCCCC2. The van der Waals surface area contributed by atoms with Crippen molar-refractivity contribution < 1.29 is 23.9 Å². The summed E-state index contributed by atoms with van der Waals surface area (Å²) in [7, 11) is 0. The van der Waals surface area contributed by atoms with E-state index in [0.29, 0.717) is 28.2 Å². The van der Waals surface area contributed by atoms with Crippen LogP contribution in [0.25, 0.3) is 17.0 Å². The molecule has 3 amide bonds. The number of thioether (sulfide) groups is 1. The first-order chi connectivity index (χ1) is 25.3. The molecule has 0 spiro atoms. The van der Waals surface area contributed by atoms with E-state index in [9.17, 15) is 19.2 Å². The zero-order valence-electron chi connectivity index (χ0n) is 29.3. The molecule has 6 rings (SSSR count). The van der Waals surface area contributed by atoms with Crippen molar-refractivity contribution >= 4 is 74.5 Å². The number of rotatable bonds is 12. The van der Waals surface area contributed by atoms with Crippen molar-refractivity contribution in [3.63, 3.8) is 0 Å². The molecule has 2 aromatic heterocycles. The number of carbonyl (C=O) groups excluding carboxylic acids is 4. The van der Waals surface area contributed by atoms with Crippen molar-refractivity contribution in [2.24, 2.45) is 0 Å². The molecule has 11 heteroatoms. The lowest BCUT2D eigenvalue weighted by Crippen LogP contribution is -2.30. The summed E-state index contributed by atoms with van der Waals surface area (Å²) in [5, 5.41) is 9.82. The van der Waals surface area contributed by atoms with Gasteiger partial charge in [0, 0.05) is 43.7 Å². The van der Waals surface area contributed by atoms with Crippen molar-refractivity contribution in [3.05, 3.63) is 118 Å². The fourth-order valence-electron chi connectivity index (χ4n) is 6.26. The lowest BCUT2D eigenvalue weighted by Gasteiger charge is -2.16. The van der Waals surface area contributed by atoms with Crippen LogP contribution in [-0.2, 0) is 27.2 Å². The Morgan fingerprint density at radius 1 is 0.904 bits per heavy atom. The van der Waals surface area contributed by atoms with E-state index < -0.39 is 23.0 Å². The Morgan fingerprint density at radius 2 is 1.67 bits per heavy atom. The molecule has 1 aliphatic carbocycles. The Bertz CT molecular complexity index is 2100. The van der Waals surface area contributed by atoms with Gasteiger partial charge in [0.25, 0.3) is 11.8 Å². The summed E-state index contributed by atoms with van der Waals surface area (Å²) in [4.78, 5) is 59.0. The van der Waals surface area contributed by atoms with Gasteiger partial charge in [0.1, 0.15) is 10.7 Å². The third-order valence-corrected chi connectivity index (χ3v) is 11.4. The molecule has 1 unspecified atom stereocenters. The molecule has 52 heavy (non-hydrogen) atoms. The van der Waals surface area contributed by atoms with Crippen LogP contribution in [0.1, 0.15) is 82.7 Å². The van der Waals surface area contributed by atoms with Crippen LogP contribution in [0.15, 0.2) is 95.7 Å². The number of thiophene rings is 1. The van der Waals surface area contributed by atoms with Crippen LogP contribution >= 0.6 is 23.1 Å². The lowest BCUT2D eigenvalue weighted by molar-refractivity contribution is -0.116. The third kappa shape index (κ3) is 8.83. The van der Waals surface area contributed by atoms with Gasteiger partial charge in [-0.3, -0.25) is 14.4 Å². The highest BCUT2D eigenvalue weighted by Crippen LogP contribution is 2.38. The molecule has 0 saturated heterocycles. The Hall–Kier alpha value is -5.13. The van der Waals surface area contributed by atoms with E-state index in [1.807, 2.05) is 55.5 Å². The van der Waals surface area contributed by atoms with Crippen molar-refractivity contribution in [1.29, 1.82) is 0 Å². The summed E-state index contributed by atoms with van der Waals surface area (Å²) in [5.74, 6) is -1.50. The minimum atomic E-state index is -0.499. The van der Waals surface area contributed by atoms with Gasteiger partial charge < -0.3 is 25.7 Å². The molecule has 5 aromatic rings. The fraction of sp³-hybridized carbons (Fsp3) is 0.268. The maximum absolute atomic E-state index is 13.8. The second-order valence-corrected chi connectivity index (χ2v) is 14.9. The topological polar surface area (TPSA) is 129 Å². The number of anilines is 2. The van der Waals surface area contributed by atoms with E-state index in [-0.39, 0.29) is 18.2 Å². The normalized spacial score (nSPS) is 13.7. The molecule has 3 aromatic carbocycles. The number of H-pyrrole nitrogens is 1. The average Bonchev–Trinajstić information content (AvgIpc) is 3.70. The predicted molar refractivity (Wildman–Crippen MR) is 210 cm³/mol. The first-order valence-electron chi connectivity index (χ1n) is 17.7. The minimum absolute atomic E-state index is 0.0740. The second kappa shape index (κ2) is 17.4. The molecule has 0 saturated carbocycles. The van der Waals surface area contributed by atoms with Crippen molar-refractivity contribution in [2.45, 2.75) is 68.9 Å². The smallest absolute Gasteiger partial charge is 0.341 e. The van der Waals surface area contributed by atoms with E-state index >= 15 is 0 Å². The number of aromatic nitrogens is 1. The van der Waals surface area contributed by atoms with Crippen LogP contribution in [0.4, 0.5) is 10.7 Å². The highest BCUT2D eigenvalue weighted by molar-refractivity contribution is 8.00. The number of ether oxygens (including phenoxy) is 1. The first-order valence-corrected chi connectivity index (χ1v) is 19.4. The molecule has 4 N–H and O–H groups in total. The summed E-state index contributed by atoms with van der Waals surface area (Å²) in [6.45, 7) is 3.99. The number of fused-ring (bicyclic) bond motifs is 2. The van der Waals surface area contributed by atoms with E-state index in [4.69, 9.17) is 4.74 Å². The van der Waals surface area contributed by atoms with Gasteiger partial charge in [-0.25, -0.2) is 4.79 Å². The van der Waals surface area contributed by atoms with Crippen LogP contribution in [0.2, 0.25) is 0 Å². The van der Waals surface area contributed by atoms with Gasteiger partial charge in [-0.05, 0) is 87.1 Å². The number of carbonyl (C=O) groups is 4. The maximum atomic E-state index is 13.8. The number of aromatic amines is 1. The first kappa shape index (κ1) is 36.7. The van der Waals surface area contributed by atoms with Crippen LogP contribution in [-0.4, -0.2) is 40.5 Å². The highest BCUT2D eigenvalue weighted by Gasteiger charge is 2.28. The van der Waals surface area contributed by atoms with Gasteiger partial charge in [-0.15, -0.1) is 23.1 Å². The van der Waals surface area contributed by atoms with Crippen LogP contribution < -0.4 is 16.0 Å². The summed E-state index contributed by atoms with van der Waals surface area (Å²) in [5.41, 5.74) is 4.17. The monoisotopic (exact) mass is 734 g/mol. The van der Waals surface area contributed by atoms with Gasteiger partial charge in [0.05, 0.1) is 17.4 Å². The van der Waals surface area contributed by atoms with E-state index in [1.165, 1.54) is 23.1 Å². The number of para-hydroxylation sites is 1. The quantitative estimate of drug-likeness (QED) is 0.0576. The molecule has 1 atom stereocenters. The van der Waals surface area contributed by atoms with Gasteiger partial charge >= 0.3 is 5.97 Å². The number of esters is 1. The molecule has 9 nitrogen and oxygen atoms in total. The van der Waals surface area contributed by atoms with E-state index in [1.54, 1.807) is 49.5 Å². The fourth-order valence-corrected chi connectivity index (χ4v) is 8.56. The molecule has 0 radical (unpaired) electrons. The number of nitrogens with one attached hydrogen (secondary N) is 4. The minimum Gasteiger partial charge on any atom is -0.462 e. The van der Waals surface area contributed by atoms with Gasteiger partial charge in [0.2, 0.25) is 5.91 Å². The number of hydrogen-bond donors (Lipinski definition) is 4. The molecule has 0 aliphatic heterocycles. The molecule has 2 heterocycles. The molecular formula is C41H42N4O5S2. The summed E-state index contributed by atoms with van der Waals surface area (Å²) in [6, 6.07) is 23.7. The molecule has 0 fully saturated rings. The van der Waals surface area contributed by atoms with Crippen LogP contribution in [0.5, 0.6) is 0 Å². The summed E-state index contributed by atoms with van der Waals surface area (Å²) >= 11 is 2.87. The number of benzene rings is 3. The Kier molecular flexibility index (Phi) is 12.3. The average molecular weight is 735 g/mol. The van der Waals surface area contributed by atoms with Gasteiger partial charge in [-0.2, -0.15) is 0 Å². The van der Waals surface area contributed by atoms with Crippen molar-refractivity contribution in [3.8, 4) is 0 Å². The third-order valence-electron chi connectivity index (χ3n) is 8.87. The highest BCUT2D eigenvalue weighted by atomic mass is 32.2. The molecular weight excluding hydrogens is 693 g/mol. The summed E-state index contributed by atoms with van der Waals surface area (Å²) in [6.07, 6.45) is 10.0. The Balaban J connectivity index is 1.20.